The van der Waals surface area contributed by atoms with Gasteiger partial charge in [0.05, 0.1) is 30.5 Å². The SMILES string of the molecule is Cc1c(C=Nc2ccc(N3CCOCC3)cc2)c2ccccc2n1Cc1ccccc1C#N. The van der Waals surface area contributed by atoms with Gasteiger partial charge in [-0.1, -0.05) is 36.4 Å². The third-order valence-corrected chi connectivity index (χ3v) is 6.31. The summed E-state index contributed by atoms with van der Waals surface area (Å²) in [6, 6.07) is 26.9. The van der Waals surface area contributed by atoms with Crippen LogP contribution in [0.25, 0.3) is 10.9 Å². The molecule has 0 atom stereocenters. The van der Waals surface area contributed by atoms with Crippen LogP contribution in [0, 0.1) is 18.3 Å². The number of hydrogen-bond donors (Lipinski definition) is 0. The summed E-state index contributed by atoms with van der Waals surface area (Å²) in [7, 11) is 0. The van der Waals surface area contributed by atoms with E-state index in [-0.39, 0.29) is 0 Å². The number of nitrogens with zero attached hydrogens (tertiary/aromatic N) is 4. The minimum Gasteiger partial charge on any atom is -0.378 e. The van der Waals surface area contributed by atoms with Crippen molar-refractivity contribution in [2.24, 2.45) is 4.99 Å². The summed E-state index contributed by atoms with van der Waals surface area (Å²) in [5, 5.41) is 10.7. The van der Waals surface area contributed by atoms with Crippen molar-refractivity contribution in [1.82, 2.24) is 4.57 Å². The van der Waals surface area contributed by atoms with Crippen LogP contribution < -0.4 is 4.90 Å². The molecule has 0 bridgehead atoms. The van der Waals surface area contributed by atoms with Gasteiger partial charge >= 0.3 is 0 Å². The zero-order valence-corrected chi connectivity index (χ0v) is 18.7. The summed E-state index contributed by atoms with van der Waals surface area (Å²) in [6.45, 7) is 6.19. The molecular formula is C28H26N4O. The van der Waals surface area contributed by atoms with Crippen LogP contribution in [0.4, 0.5) is 11.4 Å². The fourth-order valence-electron chi connectivity index (χ4n) is 4.47. The number of rotatable bonds is 5. The smallest absolute Gasteiger partial charge is 0.0995 e. The molecule has 1 aliphatic heterocycles. The highest BCUT2D eigenvalue weighted by molar-refractivity contribution is 6.01. The number of morpholine rings is 1. The second-order valence-corrected chi connectivity index (χ2v) is 8.25. The third kappa shape index (κ3) is 4.26. The van der Waals surface area contributed by atoms with Gasteiger partial charge in [-0.3, -0.25) is 4.99 Å². The molecule has 164 valence electrons. The maximum Gasteiger partial charge on any atom is 0.0995 e. The minimum absolute atomic E-state index is 0.651. The van der Waals surface area contributed by atoms with Crippen molar-refractivity contribution >= 4 is 28.5 Å². The van der Waals surface area contributed by atoms with Crippen LogP contribution in [0.2, 0.25) is 0 Å². The first kappa shape index (κ1) is 21.0. The molecule has 0 saturated carbocycles. The minimum atomic E-state index is 0.651. The third-order valence-electron chi connectivity index (χ3n) is 6.31. The van der Waals surface area contributed by atoms with Gasteiger partial charge in [0.15, 0.2) is 0 Å². The number of para-hydroxylation sites is 1. The Morgan fingerprint density at radius 1 is 0.970 bits per heavy atom. The Bertz CT molecular complexity index is 1340. The molecule has 0 spiro atoms. The monoisotopic (exact) mass is 434 g/mol. The van der Waals surface area contributed by atoms with Crippen LogP contribution in [-0.4, -0.2) is 37.1 Å². The molecule has 2 heterocycles. The molecule has 5 heteroatoms. The summed E-state index contributed by atoms with van der Waals surface area (Å²) >= 11 is 0. The van der Waals surface area contributed by atoms with Gasteiger partial charge in [-0.2, -0.15) is 5.26 Å². The van der Waals surface area contributed by atoms with E-state index in [0.717, 1.165) is 59.7 Å². The highest BCUT2D eigenvalue weighted by Crippen LogP contribution is 2.27. The summed E-state index contributed by atoms with van der Waals surface area (Å²) < 4.78 is 7.72. The van der Waals surface area contributed by atoms with E-state index in [1.807, 2.05) is 30.5 Å². The molecule has 1 fully saturated rings. The fourth-order valence-corrected chi connectivity index (χ4v) is 4.47. The van der Waals surface area contributed by atoms with E-state index in [1.54, 1.807) is 0 Å². The molecular weight excluding hydrogens is 408 g/mol. The van der Waals surface area contributed by atoms with E-state index in [1.165, 1.54) is 5.69 Å². The van der Waals surface area contributed by atoms with E-state index in [0.29, 0.717) is 12.1 Å². The predicted molar refractivity (Wildman–Crippen MR) is 134 cm³/mol. The van der Waals surface area contributed by atoms with Gasteiger partial charge in [0.1, 0.15) is 0 Å². The number of hydrogen-bond acceptors (Lipinski definition) is 4. The number of nitriles is 1. The van der Waals surface area contributed by atoms with Crippen LogP contribution in [0.15, 0.2) is 77.8 Å². The quantitative estimate of drug-likeness (QED) is 0.392. The molecule has 4 aromatic rings. The molecule has 0 amide bonds. The van der Waals surface area contributed by atoms with E-state index >= 15 is 0 Å². The van der Waals surface area contributed by atoms with Gasteiger partial charge in [0.25, 0.3) is 0 Å². The normalized spacial score (nSPS) is 14.1. The number of aliphatic imine (C=N–C) groups is 1. The van der Waals surface area contributed by atoms with Crippen molar-refractivity contribution in [3.8, 4) is 6.07 Å². The van der Waals surface area contributed by atoms with Crippen LogP contribution in [0.1, 0.15) is 22.4 Å². The lowest BCUT2D eigenvalue weighted by atomic mass is 10.1. The molecule has 1 aliphatic rings. The van der Waals surface area contributed by atoms with Crippen molar-refractivity contribution in [2.75, 3.05) is 31.2 Å². The largest absolute Gasteiger partial charge is 0.378 e. The zero-order valence-electron chi connectivity index (χ0n) is 18.7. The fraction of sp³-hybridized carbons (Fsp3) is 0.214. The number of fused-ring (bicyclic) bond motifs is 1. The molecule has 0 radical (unpaired) electrons. The van der Waals surface area contributed by atoms with E-state index in [4.69, 9.17) is 9.73 Å². The summed E-state index contributed by atoms with van der Waals surface area (Å²) in [5.74, 6) is 0. The lowest BCUT2D eigenvalue weighted by Crippen LogP contribution is -2.36. The van der Waals surface area contributed by atoms with E-state index in [2.05, 4.69) is 71.0 Å². The van der Waals surface area contributed by atoms with E-state index in [9.17, 15) is 5.26 Å². The molecule has 1 saturated heterocycles. The Labute approximate surface area is 194 Å². The molecule has 5 nitrogen and oxygen atoms in total. The van der Waals surface area contributed by atoms with Crippen molar-refractivity contribution in [3.05, 3.63) is 95.2 Å². The van der Waals surface area contributed by atoms with Crippen molar-refractivity contribution in [1.29, 1.82) is 5.26 Å². The first-order valence-corrected chi connectivity index (χ1v) is 11.3. The zero-order chi connectivity index (χ0) is 22.6. The molecule has 3 aromatic carbocycles. The highest BCUT2D eigenvalue weighted by Gasteiger charge is 2.14. The number of aromatic nitrogens is 1. The van der Waals surface area contributed by atoms with Crippen LogP contribution >= 0.6 is 0 Å². The summed E-state index contributed by atoms with van der Waals surface area (Å²) in [4.78, 5) is 7.14. The second kappa shape index (κ2) is 9.32. The van der Waals surface area contributed by atoms with Crippen LogP contribution in [0.5, 0.6) is 0 Å². The molecule has 0 N–H and O–H groups in total. The van der Waals surface area contributed by atoms with Gasteiger partial charge in [-0.25, -0.2) is 0 Å². The maximum absolute atomic E-state index is 9.51. The Morgan fingerprint density at radius 3 is 2.48 bits per heavy atom. The average Bonchev–Trinajstić information content (AvgIpc) is 3.14. The van der Waals surface area contributed by atoms with Gasteiger partial charge in [0.2, 0.25) is 0 Å². The van der Waals surface area contributed by atoms with Crippen LogP contribution in [0.3, 0.4) is 0 Å². The highest BCUT2D eigenvalue weighted by atomic mass is 16.5. The molecule has 0 unspecified atom stereocenters. The number of anilines is 1. The lowest BCUT2D eigenvalue weighted by molar-refractivity contribution is 0.122. The Morgan fingerprint density at radius 2 is 1.70 bits per heavy atom. The van der Waals surface area contributed by atoms with Crippen molar-refractivity contribution < 1.29 is 4.74 Å². The Balaban J connectivity index is 1.46. The van der Waals surface area contributed by atoms with Crippen molar-refractivity contribution in [2.45, 2.75) is 13.5 Å². The van der Waals surface area contributed by atoms with Gasteiger partial charge in [-0.05, 0) is 48.9 Å². The molecule has 0 aliphatic carbocycles. The second-order valence-electron chi connectivity index (χ2n) is 8.25. The molecule has 5 rings (SSSR count). The van der Waals surface area contributed by atoms with E-state index < -0.39 is 0 Å². The first-order chi connectivity index (χ1) is 16.2. The summed E-state index contributed by atoms with van der Waals surface area (Å²) in [5.41, 5.74) is 7.26. The maximum atomic E-state index is 9.51. The van der Waals surface area contributed by atoms with Crippen molar-refractivity contribution in [3.63, 3.8) is 0 Å². The van der Waals surface area contributed by atoms with Crippen LogP contribution in [-0.2, 0) is 11.3 Å². The predicted octanol–water partition coefficient (Wildman–Crippen LogP) is 5.46. The Hall–Kier alpha value is -3.88. The van der Waals surface area contributed by atoms with Gasteiger partial charge in [-0.15, -0.1) is 0 Å². The molecule has 1 aromatic heterocycles. The topological polar surface area (TPSA) is 53.5 Å². The van der Waals surface area contributed by atoms with Gasteiger partial charge < -0.3 is 14.2 Å². The standard InChI is InChI=1S/C28H26N4O/c1-21-27(19-30-24-10-12-25(13-11-24)31-14-16-33-17-15-31)26-8-4-5-9-28(26)32(21)20-23-7-3-2-6-22(23)18-29/h2-13,19H,14-17,20H2,1H3. The molecule has 33 heavy (non-hydrogen) atoms. The Kier molecular flexibility index (Phi) is 5.93. The number of benzene rings is 3. The van der Waals surface area contributed by atoms with Gasteiger partial charge in [0, 0.05) is 53.7 Å². The number of ether oxygens (including phenoxy) is 1. The summed E-state index contributed by atoms with van der Waals surface area (Å²) in [6.07, 6.45) is 1.97. The lowest BCUT2D eigenvalue weighted by Gasteiger charge is -2.28. The first-order valence-electron chi connectivity index (χ1n) is 11.3. The average molecular weight is 435 g/mol.